The molecule has 0 atom stereocenters. The lowest BCUT2D eigenvalue weighted by molar-refractivity contribution is -0.137. The van der Waals surface area contributed by atoms with Gasteiger partial charge in [0, 0.05) is 10.4 Å². The van der Waals surface area contributed by atoms with Crippen molar-refractivity contribution in [1.29, 1.82) is 0 Å². The van der Waals surface area contributed by atoms with Gasteiger partial charge in [-0.2, -0.15) is 0 Å². The van der Waals surface area contributed by atoms with Crippen LogP contribution >= 0.6 is 11.3 Å². The molecule has 0 fully saturated rings. The normalized spacial score (nSPS) is 10.9. The highest BCUT2D eigenvalue weighted by Gasteiger charge is 2.17. The summed E-state index contributed by atoms with van der Waals surface area (Å²) in [6, 6.07) is 9.59. The van der Waals surface area contributed by atoms with Crippen molar-refractivity contribution in [3.05, 3.63) is 51.9 Å². The molecule has 0 aliphatic carbocycles. The van der Waals surface area contributed by atoms with Crippen molar-refractivity contribution < 1.29 is 9.90 Å². The first-order valence-corrected chi connectivity index (χ1v) is 7.15. The number of aliphatic carboxylic acids is 1. The first kappa shape index (κ1) is 13.5. The number of fused-ring (bicyclic) bond motifs is 1. The molecular formula is C15H12N2O3S. The van der Waals surface area contributed by atoms with Crippen molar-refractivity contribution in [3.63, 3.8) is 0 Å². The van der Waals surface area contributed by atoms with Gasteiger partial charge in [0.1, 0.15) is 11.4 Å². The molecule has 5 nitrogen and oxygen atoms in total. The van der Waals surface area contributed by atoms with Gasteiger partial charge in [0.25, 0.3) is 5.56 Å². The monoisotopic (exact) mass is 300 g/mol. The van der Waals surface area contributed by atoms with E-state index in [2.05, 4.69) is 4.98 Å². The van der Waals surface area contributed by atoms with Crippen LogP contribution in [0, 0.1) is 6.92 Å². The van der Waals surface area contributed by atoms with E-state index in [1.165, 1.54) is 17.7 Å². The molecule has 3 aromatic rings. The molecule has 0 aliphatic rings. The highest BCUT2D eigenvalue weighted by Crippen LogP contribution is 2.35. The molecule has 2 heterocycles. The maximum Gasteiger partial charge on any atom is 0.323 e. The van der Waals surface area contributed by atoms with Crippen LogP contribution in [0.25, 0.3) is 21.3 Å². The lowest BCUT2D eigenvalue weighted by atomic mass is 10.0. The van der Waals surface area contributed by atoms with Gasteiger partial charge in [-0.25, -0.2) is 4.98 Å². The zero-order valence-corrected chi connectivity index (χ0v) is 12.1. The van der Waals surface area contributed by atoms with Crippen LogP contribution < -0.4 is 5.56 Å². The van der Waals surface area contributed by atoms with Gasteiger partial charge in [0.2, 0.25) is 0 Å². The lowest BCUT2D eigenvalue weighted by Crippen LogP contribution is -2.24. The van der Waals surface area contributed by atoms with E-state index in [1.54, 1.807) is 0 Å². The Morgan fingerprint density at radius 1 is 1.33 bits per heavy atom. The average molecular weight is 300 g/mol. The third-order valence-electron chi connectivity index (χ3n) is 3.22. The number of hydrogen-bond donors (Lipinski definition) is 1. The first-order chi connectivity index (χ1) is 10.1. The van der Waals surface area contributed by atoms with E-state index >= 15 is 0 Å². The predicted octanol–water partition coefficient (Wildman–Crippen LogP) is 2.52. The highest BCUT2D eigenvalue weighted by molar-refractivity contribution is 7.19. The Bertz CT molecular complexity index is 881. The summed E-state index contributed by atoms with van der Waals surface area (Å²) in [6.45, 7) is 1.56. The Hall–Kier alpha value is -2.47. The molecule has 0 unspecified atom stereocenters. The summed E-state index contributed by atoms with van der Waals surface area (Å²) in [6.07, 6.45) is 1.30. The second-order valence-corrected chi connectivity index (χ2v) is 5.85. The summed E-state index contributed by atoms with van der Waals surface area (Å²) in [7, 11) is 0. The van der Waals surface area contributed by atoms with Crippen LogP contribution in [0.5, 0.6) is 0 Å². The number of aromatic nitrogens is 2. The molecule has 0 aliphatic heterocycles. The number of carbonyl (C=O) groups is 1. The van der Waals surface area contributed by atoms with E-state index in [4.69, 9.17) is 5.11 Å². The summed E-state index contributed by atoms with van der Waals surface area (Å²) in [5, 5.41) is 9.36. The number of rotatable bonds is 3. The van der Waals surface area contributed by atoms with E-state index in [-0.39, 0.29) is 12.1 Å². The van der Waals surface area contributed by atoms with Crippen molar-refractivity contribution in [3.8, 4) is 11.1 Å². The number of nitrogens with zero attached hydrogens (tertiary/aromatic N) is 2. The van der Waals surface area contributed by atoms with Crippen molar-refractivity contribution in [2.75, 3.05) is 0 Å². The summed E-state index contributed by atoms with van der Waals surface area (Å²) in [5.41, 5.74) is 1.46. The smallest absolute Gasteiger partial charge is 0.323 e. The summed E-state index contributed by atoms with van der Waals surface area (Å²) >= 11 is 1.44. The Balaban J connectivity index is 2.32. The van der Waals surface area contributed by atoms with Gasteiger partial charge in [-0.1, -0.05) is 30.3 Å². The van der Waals surface area contributed by atoms with E-state index in [0.717, 1.165) is 20.6 Å². The fraction of sp³-hybridized carbons (Fsp3) is 0.133. The molecule has 1 aromatic carbocycles. The zero-order chi connectivity index (χ0) is 15.0. The summed E-state index contributed by atoms with van der Waals surface area (Å²) in [4.78, 5) is 29.2. The molecular weight excluding hydrogens is 288 g/mol. The molecule has 106 valence electrons. The maximum absolute atomic E-state index is 12.5. The lowest BCUT2D eigenvalue weighted by Gasteiger charge is -2.04. The Morgan fingerprint density at radius 3 is 2.71 bits per heavy atom. The number of carboxylic acid groups (broad SMARTS) is 1. The van der Waals surface area contributed by atoms with Crippen molar-refractivity contribution >= 4 is 27.5 Å². The third kappa shape index (κ3) is 2.34. The van der Waals surface area contributed by atoms with Crippen LogP contribution in [-0.4, -0.2) is 20.6 Å². The fourth-order valence-corrected chi connectivity index (χ4v) is 3.35. The minimum absolute atomic E-state index is 0.314. The number of hydrogen-bond acceptors (Lipinski definition) is 4. The topological polar surface area (TPSA) is 72.2 Å². The van der Waals surface area contributed by atoms with Gasteiger partial charge in [-0.15, -0.1) is 11.3 Å². The first-order valence-electron chi connectivity index (χ1n) is 6.33. The van der Waals surface area contributed by atoms with Gasteiger partial charge in [-0.3, -0.25) is 14.2 Å². The molecule has 1 N–H and O–H groups in total. The summed E-state index contributed by atoms with van der Waals surface area (Å²) < 4.78 is 1.13. The second kappa shape index (κ2) is 5.14. The van der Waals surface area contributed by atoms with Crippen molar-refractivity contribution in [2.45, 2.75) is 13.5 Å². The van der Waals surface area contributed by atoms with Crippen molar-refractivity contribution in [1.82, 2.24) is 9.55 Å². The molecule has 2 aromatic heterocycles. The van der Waals surface area contributed by atoms with E-state index in [9.17, 15) is 9.59 Å². The van der Waals surface area contributed by atoms with Crippen LogP contribution in [0.2, 0.25) is 0 Å². The molecule has 6 heteroatoms. The number of aryl methyl sites for hydroxylation is 1. The van der Waals surface area contributed by atoms with Crippen LogP contribution in [0.1, 0.15) is 4.88 Å². The van der Waals surface area contributed by atoms with Gasteiger partial charge in [0.05, 0.1) is 11.7 Å². The summed E-state index contributed by atoms with van der Waals surface area (Å²) in [5.74, 6) is -1.06. The van der Waals surface area contributed by atoms with Crippen LogP contribution in [0.3, 0.4) is 0 Å². The van der Waals surface area contributed by atoms with Gasteiger partial charge in [-0.05, 0) is 12.5 Å². The standard InChI is InChI=1S/C15H12N2O3S/c1-9-12(10-5-3-2-4-6-10)13-14(21-9)16-8-17(15(13)20)7-11(18)19/h2-6,8H,7H2,1H3,(H,18,19). The number of benzene rings is 1. The molecule has 21 heavy (non-hydrogen) atoms. The molecule has 0 spiro atoms. The molecule has 0 amide bonds. The maximum atomic E-state index is 12.5. The van der Waals surface area contributed by atoms with Crippen LogP contribution in [0.15, 0.2) is 41.5 Å². The van der Waals surface area contributed by atoms with Gasteiger partial charge >= 0.3 is 5.97 Å². The largest absolute Gasteiger partial charge is 0.480 e. The second-order valence-electron chi connectivity index (χ2n) is 4.65. The van der Waals surface area contributed by atoms with Crippen molar-refractivity contribution in [2.24, 2.45) is 0 Å². The van der Waals surface area contributed by atoms with Gasteiger partial charge in [0.15, 0.2) is 0 Å². The molecule has 0 saturated carbocycles. The van der Waals surface area contributed by atoms with Crippen LogP contribution in [-0.2, 0) is 11.3 Å². The average Bonchev–Trinajstić information content (AvgIpc) is 2.79. The fourth-order valence-electron chi connectivity index (χ4n) is 2.35. The van der Waals surface area contributed by atoms with E-state index in [0.29, 0.717) is 10.2 Å². The third-order valence-corrected chi connectivity index (χ3v) is 4.24. The quantitative estimate of drug-likeness (QED) is 0.806. The van der Waals surface area contributed by atoms with Gasteiger partial charge < -0.3 is 5.11 Å². The molecule has 3 rings (SSSR count). The molecule has 0 radical (unpaired) electrons. The van der Waals surface area contributed by atoms with E-state index < -0.39 is 5.97 Å². The van der Waals surface area contributed by atoms with Crippen LogP contribution in [0.4, 0.5) is 0 Å². The number of carboxylic acids is 1. The SMILES string of the molecule is Cc1sc2ncn(CC(=O)O)c(=O)c2c1-c1ccccc1. The van der Waals surface area contributed by atoms with E-state index in [1.807, 2.05) is 37.3 Å². The molecule has 0 bridgehead atoms. The molecule has 0 saturated heterocycles. The Morgan fingerprint density at radius 2 is 2.05 bits per heavy atom. The minimum atomic E-state index is -1.06. The Kier molecular flexibility index (Phi) is 3.31. The Labute approximate surface area is 124 Å². The zero-order valence-electron chi connectivity index (χ0n) is 11.2. The highest BCUT2D eigenvalue weighted by atomic mass is 32.1. The number of thiophene rings is 1. The predicted molar refractivity (Wildman–Crippen MR) is 81.7 cm³/mol. The minimum Gasteiger partial charge on any atom is -0.480 e.